The van der Waals surface area contributed by atoms with Gasteiger partial charge in [-0.25, -0.2) is 0 Å². The van der Waals surface area contributed by atoms with Crippen LogP contribution in [0.2, 0.25) is 0 Å². The molecule has 2 rings (SSSR count). The quantitative estimate of drug-likeness (QED) is 0.803. The molecule has 1 heterocycles. The third-order valence-corrected chi connectivity index (χ3v) is 2.97. The van der Waals surface area contributed by atoms with Gasteiger partial charge in [0.25, 0.3) is 5.91 Å². The summed E-state index contributed by atoms with van der Waals surface area (Å²) in [7, 11) is 0. The molecule has 0 bridgehead atoms. The third kappa shape index (κ3) is 2.32. The standard InChI is InChI=1S/C12H16N2O2/c1-2-3-8-6-10(8)14-12(16)9-7-13-5-4-11(9)15/h4-5,7-8,10H,2-3,6H2,1H3,(H,13,15)(H,14,16). The lowest BCUT2D eigenvalue weighted by atomic mass is 10.2. The highest BCUT2D eigenvalue weighted by atomic mass is 16.2. The van der Waals surface area contributed by atoms with Crippen LogP contribution in [0.4, 0.5) is 0 Å². The predicted molar refractivity (Wildman–Crippen MR) is 61.3 cm³/mol. The monoisotopic (exact) mass is 220 g/mol. The summed E-state index contributed by atoms with van der Waals surface area (Å²) in [6, 6.07) is 1.64. The van der Waals surface area contributed by atoms with Crippen molar-refractivity contribution in [1.82, 2.24) is 10.3 Å². The van der Waals surface area contributed by atoms with Gasteiger partial charge in [-0.3, -0.25) is 9.59 Å². The van der Waals surface area contributed by atoms with Crippen molar-refractivity contribution in [2.75, 3.05) is 0 Å². The molecule has 0 aromatic carbocycles. The van der Waals surface area contributed by atoms with Gasteiger partial charge in [0.1, 0.15) is 5.56 Å². The van der Waals surface area contributed by atoms with E-state index in [-0.39, 0.29) is 22.9 Å². The number of nitrogens with one attached hydrogen (secondary N) is 2. The minimum absolute atomic E-state index is 0.199. The van der Waals surface area contributed by atoms with E-state index in [9.17, 15) is 9.59 Å². The van der Waals surface area contributed by atoms with Crippen molar-refractivity contribution in [2.45, 2.75) is 32.2 Å². The molecule has 2 atom stereocenters. The van der Waals surface area contributed by atoms with E-state index in [1.807, 2.05) is 0 Å². The number of aromatic nitrogens is 1. The Labute approximate surface area is 94.1 Å². The maximum atomic E-state index is 11.7. The van der Waals surface area contributed by atoms with Gasteiger partial charge in [0.2, 0.25) is 0 Å². The number of rotatable bonds is 4. The van der Waals surface area contributed by atoms with E-state index >= 15 is 0 Å². The minimum Gasteiger partial charge on any atom is -0.367 e. The molecule has 0 saturated heterocycles. The summed E-state index contributed by atoms with van der Waals surface area (Å²) in [5.41, 5.74) is -0.0337. The number of carbonyl (C=O) groups is 1. The van der Waals surface area contributed by atoms with Gasteiger partial charge in [0.05, 0.1) is 0 Å². The Morgan fingerprint density at radius 1 is 1.62 bits per heavy atom. The van der Waals surface area contributed by atoms with Crippen molar-refractivity contribution in [3.8, 4) is 0 Å². The van der Waals surface area contributed by atoms with Crippen LogP contribution in [0.5, 0.6) is 0 Å². The molecule has 0 spiro atoms. The molecule has 2 unspecified atom stereocenters. The molecule has 2 N–H and O–H groups in total. The summed E-state index contributed by atoms with van der Waals surface area (Å²) in [6.45, 7) is 2.14. The molecule has 1 fully saturated rings. The summed E-state index contributed by atoms with van der Waals surface area (Å²) in [6.07, 6.45) is 6.31. The SMILES string of the molecule is CCCC1CC1NC(=O)c1c[nH]ccc1=O. The van der Waals surface area contributed by atoms with E-state index < -0.39 is 0 Å². The highest BCUT2D eigenvalue weighted by Gasteiger charge is 2.37. The molecular formula is C12H16N2O2. The average molecular weight is 220 g/mol. The summed E-state index contributed by atoms with van der Waals surface area (Å²) in [5, 5.41) is 2.89. The summed E-state index contributed by atoms with van der Waals surface area (Å²) < 4.78 is 0. The number of hydrogen-bond donors (Lipinski definition) is 2. The Morgan fingerprint density at radius 3 is 3.12 bits per heavy atom. The fraction of sp³-hybridized carbons (Fsp3) is 0.500. The maximum Gasteiger partial charge on any atom is 0.256 e. The van der Waals surface area contributed by atoms with Crippen molar-refractivity contribution >= 4 is 5.91 Å². The lowest BCUT2D eigenvalue weighted by Crippen LogP contribution is -2.30. The number of pyridine rings is 1. The smallest absolute Gasteiger partial charge is 0.256 e. The summed E-state index contributed by atoms with van der Waals surface area (Å²) >= 11 is 0. The molecule has 4 nitrogen and oxygen atoms in total. The van der Waals surface area contributed by atoms with Crippen molar-refractivity contribution in [3.63, 3.8) is 0 Å². The van der Waals surface area contributed by atoms with E-state index in [0.717, 1.165) is 19.3 Å². The lowest BCUT2D eigenvalue weighted by molar-refractivity contribution is 0.0947. The second kappa shape index (κ2) is 4.51. The minimum atomic E-state index is -0.259. The van der Waals surface area contributed by atoms with Gasteiger partial charge in [0.15, 0.2) is 5.43 Å². The molecule has 0 radical (unpaired) electrons. The van der Waals surface area contributed by atoms with Crippen molar-refractivity contribution < 1.29 is 4.79 Å². The van der Waals surface area contributed by atoms with Crippen molar-refractivity contribution in [3.05, 3.63) is 34.2 Å². The molecule has 1 aromatic heterocycles. The molecule has 0 aliphatic heterocycles. The Balaban J connectivity index is 1.95. The third-order valence-electron chi connectivity index (χ3n) is 2.97. The lowest BCUT2D eigenvalue weighted by Gasteiger charge is -2.03. The van der Waals surface area contributed by atoms with Crippen LogP contribution in [0.1, 0.15) is 36.5 Å². The first-order valence-corrected chi connectivity index (χ1v) is 5.70. The zero-order valence-electron chi connectivity index (χ0n) is 9.32. The molecule has 1 aliphatic carbocycles. The van der Waals surface area contributed by atoms with Crippen molar-refractivity contribution in [2.24, 2.45) is 5.92 Å². The first-order valence-electron chi connectivity index (χ1n) is 5.70. The van der Waals surface area contributed by atoms with E-state index in [2.05, 4.69) is 17.2 Å². The molecule has 1 aromatic rings. The fourth-order valence-corrected chi connectivity index (χ4v) is 1.95. The molecule has 86 valence electrons. The molecule has 16 heavy (non-hydrogen) atoms. The van der Waals surface area contributed by atoms with Crippen LogP contribution in [0.3, 0.4) is 0 Å². The summed E-state index contributed by atoms with van der Waals surface area (Å²) in [5.74, 6) is 0.349. The fourth-order valence-electron chi connectivity index (χ4n) is 1.95. The van der Waals surface area contributed by atoms with Gasteiger partial charge in [-0.1, -0.05) is 13.3 Å². The van der Waals surface area contributed by atoms with Crippen molar-refractivity contribution in [1.29, 1.82) is 0 Å². The van der Waals surface area contributed by atoms with Crippen LogP contribution in [-0.4, -0.2) is 16.9 Å². The Morgan fingerprint density at radius 2 is 2.44 bits per heavy atom. The van der Waals surface area contributed by atoms with Gasteiger partial charge in [0, 0.05) is 24.5 Å². The first kappa shape index (κ1) is 10.9. The Kier molecular flexibility index (Phi) is 3.08. The van der Waals surface area contributed by atoms with Crippen LogP contribution in [-0.2, 0) is 0 Å². The maximum absolute atomic E-state index is 11.7. The van der Waals surface area contributed by atoms with E-state index in [1.165, 1.54) is 18.5 Å². The van der Waals surface area contributed by atoms with Crippen LogP contribution < -0.4 is 10.7 Å². The van der Waals surface area contributed by atoms with Crippen LogP contribution in [0.25, 0.3) is 0 Å². The number of H-pyrrole nitrogens is 1. The second-order valence-corrected chi connectivity index (χ2v) is 4.29. The number of amides is 1. The normalized spacial score (nSPS) is 22.8. The number of aromatic amines is 1. The van der Waals surface area contributed by atoms with Crippen LogP contribution in [0.15, 0.2) is 23.3 Å². The topological polar surface area (TPSA) is 62.0 Å². The van der Waals surface area contributed by atoms with E-state index in [4.69, 9.17) is 0 Å². The molecule has 1 amide bonds. The van der Waals surface area contributed by atoms with Gasteiger partial charge in [-0.2, -0.15) is 0 Å². The number of hydrogen-bond acceptors (Lipinski definition) is 2. The Hall–Kier alpha value is -1.58. The zero-order chi connectivity index (χ0) is 11.5. The highest BCUT2D eigenvalue weighted by molar-refractivity contribution is 5.94. The predicted octanol–water partition coefficient (Wildman–Crippen LogP) is 1.29. The average Bonchev–Trinajstić information content (AvgIpc) is 2.97. The molecular weight excluding hydrogens is 204 g/mol. The number of carbonyl (C=O) groups excluding carboxylic acids is 1. The van der Waals surface area contributed by atoms with Crippen LogP contribution in [0, 0.1) is 5.92 Å². The molecule has 1 saturated carbocycles. The second-order valence-electron chi connectivity index (χ2n) is 4.29. The largest absolute Gasteiger partial charge is 0.367 e. The highest BCUT2D eigenvalue weighted by Crippen LogP contribution is 2.34. The van der Waals surface area contributed by atoms with Gasteiger partial charge in [-0.05, 0) is 18.8 Å². The van der Waals surface area contributed by atoms with Gasteiger partial charge in [-0.15, -0.1) is 0 Å². The molecule has 1 aliphatic rings. The van der Waals surface area contributed by atoms with E-state index in [0.29, 0.717) is 5.92 Å². The first-order chi connectivity index (χ1) is 7.72. The van der Waals surface area contributed by atoms with Crippen LogP contribution >= 0.6 is 0 Å². The van der Waals surface area contributed by atoms with E-state index in [1.54, 1.807) is 0 Å². The summed E-state index contributed by atoms with van der Waals surface area (Å²) in [4.78, 5) is 25.9. The molecule has 4 heteroatoms. The zero-order valence-corrected chi connectivity index (χ0v) is 9.32. The van der Waals surface area contributed by atoms with Gasteiger partial charge >= 0.3 is 0 Å². The van der Waals surface area contributed by atoms with Gasteiger partial charge < -0.3 is 10.3 Å². The Bertz CT molecular complexity index is 439.